The summed E-state index contributed by atoms with van der Waals surface area (Å²) in [4.78, 5) is 0. The van der Waals surface area contributed by atoms with Crippen LogP contribution in [0.1, 0.15) is 30.9 Å². The van der Waals surface area contributed by atoms with E-state index in [1.165, 1.54) is 29.5 Å². The summed E-state index contributed by atoms with van der Waals surface area (Å²) in [5.41, 5.74) is 5.83. The van der Waals surface area contributed by atoms with Gasteiger partial charge in [-0.3, -0.25) is 0 Å². The van der Waals surface area contributed by atoms with Crippen LogP contribution in [0.25, 0.3) is 0 Å². The van der Waals surface area contributed by atoms with Crippen molar-refractivity contribution in [2.45, 2.75) is 33.1 Å². The molecule has 0 bridgehead atoms. The maximum Gasteiger partial charge on any atom is -0.00639 e. The highest BCUT2D eigenvalue weighted by atomic mass is 14.1. The second-order valence-corrected chi connectivity index (χ2v) is 4.50. The van der Waals surface area contributed by atoms with Gasteiger partial charge in [0, 0.05) is 0 Å². The van der Waals surface area contributed by atoms with Crippen LogP contribution in [0.5, 0.6) is 0 Å². The Balaban J connectivity index is 2.06. The monoisotopic (exact) mass is 198 g/mol. The molecule has 2 rings (SSSR count). The molecular formula is C15H18. The molecule has 0 unspecified atom stereocenters. The lowest BCUT2D eigenvalue weighted by molar-refractivity contribution is 0.869. The minimum atomic E-state index is 1.12. The lowest BCUT2D eigenvalue weighted by atomic mass is 9.94. The Labute approximate surface area is 92.3 Å². The molecule has 1 aromatic rings. The SMILES string of the molecule is CC1=CC=C(Cc2ccc(C)cc2)CC1. The summed E-state index contributed by atoms with van der Waals surface area (Å²) in [6, 6.07) is 8.86. The Bertz CT molecular complexity index is 391. The molecule has 0 amide bonds. The Morgan fingerprint density at radius 1 is 0.933 bits per heavy atom. The Hall–Kier alpha value is -1.30. The minimum Gasteiger partial charge on any atom is -0.0730 e. The number of hydrogen-bond acceptors (Lipinski definition) is 0. The fourth-order valence-corrected chi connectivity index (χ4v) is 1.90. The van der Waals surface area contributed by atoms with Crippen molar-refractivity contribution >= 4 is 0 Å². The van der Waals surface area contributed by atoms with Crippen LogP contribution in [-0.2, 0) is 6.42 Å². The first kappa shape index (κ1) is 10.2. The normalized spacial score (nSPS) is 15.9. The smallest absolute Gasteiger partial charge is 0.00639 e. The van der Waals surface area contributed by atoms with Crippen molar-refractivity contribution in [1.29, 1.82) is 0 Å². The maximum atomic E-state index is 2.29. The third-order valence-electron chi connectivity index (χ3n) is 3.00. The van der Waals surface area contributed by atoms with E-state index in [9.17, 15) is 0 Å². The Kier molecular flexibility index (Phi) is 3.05. The predicted molar refractivity (Wildman–Crippen MR) is 66.0 cm³/mol. The van der Waals surface area contributed by atoms with E-state index in [2.05, 4.69) is 50.3 Å². The van der Waals surface area contributed by atoms with Crippen LogP contribution in [0.4, 0.5) is 0 Å². The summed E-state index contributed by atoms with van der Waals surface area (Å²) in [7, 11) is 0. The molecule has 1 aliphatic carbocycles. The van der Waals surface area contributed by atoms with E-state index in [0.29, 0.717) is 0 Å². The zero-order chi connectivity index (χ0) is 10.7. The zero-order valence-corrected chi connectivity index (χ0v) is 9.59. The van der Waals surface area contributed by atoms with Crippen LogP contribution in [0, 0.1) is 6.92 Å². The van der Waals surface area contributed by atoms with Gasteiger partial charge in [-0.1, -0.05) is 53.1 Å². The molecule has 0 atom stereocenters. The fraction of sp³-hybridized carbons (Fsp3) is 0.333. The molecule has 1 aromatic carbocycles. The number of rotatable bonds is 2. The first-order valence-electron chi connectivity index (χ1n) is 5.65. The van der Waals surface area contributed by atoms with Gasteiger partial charge in [-0.05, 0) is 38.7 Å². The van der Waals surface area contributed by atoms with E-state index in [0.717, 1.165) is 6.42 Å². The van der Waals surface area contributed by atoms with E-state index < -0.39 is 0 Å². The largest absolute Gasteiger partial charge is 0.0730 e. The van der Waals surface area contributed by atoms with Crippen molar-refractivity contribution in [3.63, 3.8) is 0 Å². The second kappa shape index (κ2) is 4.48. The number of allylic oxidation sites excluding steroid dienone is 4. The molecule has 0 aliphatic heterocycles. The molecule has 1 aliphatic rings. The molecule has 15 heavy (non-hydrogen) atoms. The van der Waals surface area contributed by atoms with Crippen molar-refractivity contribution in [1.82, 2.24) is 0 Å². The maximum absolute atomic E-state index is 2.29. The molecule has 78 valence electrons. The first-order valence-corrected chi connectivity index (χ1v) is 5.65. The van der Waals surface area contributed by atoms with Gasteiger partial charge in [-0.25, -0.2) is 0 Å². The van der Waals surface area contributed by atoms with Gasteiger partial charge in [0.2, 0.25) is 0 Å². The Morgan fingerprint density at radius 2 is 1.67 bits per heavy atom. The highest BCUT2D eigenvalue weighted by Crippen LogP contribution is 2.21. The molecule has 0 saturated heterocycles. The van der Waals surface area contributed by atoms with Gasteiger partial charge in [0.1, 0.15) is 0 Å². The van der Waals surface area contributed by atoms with Crippen LogP contribution >= 0.6 is 0 Å². The fourth-order valence-electron chi connectivity index (χ4n) is 1.90. The number of aryl methyl sites for hydroxylation is 1. The van der Waals surface area contributed by atoms with Crippen molar-refractivity contribution in [3.8, 4) is 0 Å². The number of hydrogen-bond donors (Lipinski definition) is 0. The van der Waals surface area contributed by atoms with Crippen LogP contribution < -0.4 is 0 Å². The molecule has 0 fully saturated rings. The van der Waals surface area contributed by atoms with E-state index in [-0.39, 0.29) is 0 Å². The molecule has 0 saturated carbocycles. The van der Waals surface area contributed by atoms with E-state index >= 15 is 0 Å². The number of benzene rings is 1. The second-order valence-electron chi connectivity index (χ2n) is 4.50. The standard InChI is InChI=1S/C15H18/c1-12-3-7-14(8-4-12)11-15-9-5-13(2)6-10-15/h3-5,7-9H,6,10-11H2,1-2H3. The summed E-state index contributed by atoms with van der Waals surface area (Å²) in [5.74, 6) is 0. The molecular weight excluding hydrogens is 180 g/mol. The van der Waals surface area contributed by atoms with Crippen LogP contribution in [0.3, 0.4) is 0 Å². The lowest BCUT2D eigenvalue weighted by Crippen LogP contribution is -1.95. The summed E-state index contributed by atoms with van der Waals surface area (Å²) < 4.78 is 0. The van der Waals surface area contributed by atoms with Gasteiger partial charge in [0.05, 0.1) is 0 Å². The third kappa shape index (κ3) is 2.82. The molecule has 0 heteroatoms. The highest BCUT2D eigenvalue weighted by molar-refractivity contribution is 5.30. The van der Waals surface area contributed by atoms with E-state index in [1.54, 1.807) is 5.57 Å². The zero-order valence-electron chi connectivity index (χ0n) is 9.59. The highest BCUT2D eigenvalue weighted by Gasteiger charge is 2.04. The molecule has 0 N–H and O–H groups in total. The van der Waals surface area contributed by atoms with Gasteiger partial charge in [0.25, 0.3) is 0 Å². The quantitative estimate of drug-likeness (QED) is 0.668. The minimum absolute atomic E-state index is 1.12. The molecule has 0 spiro atoms. The first-order chi connectivity index (χ1) is 7.24. The van der Waals surface area contributed by atoms with Crippen LogP contribution in [-0.4, -0.2) is 0 Å². The topological polar surface area (TPSA) is 0 Å². The van der Waals surface area contributed by atoms with Gasteiger partial charge < -0.3 is 0 Å². The van der Waals surface area contributed by atoms with Gasteiger partial charge in [-0.2, -0.15) is 0 Å². The average Bonchev–Trinajstić information content (AvgIpc) is 2.25. The van der Waals surface area contributed by atoms with E-state index in [1.807, 2.05) is 0 Å². The third-order valence-corrected chi connectivity index (χ3v) is 3.00. The predicted octanol–water partition coefficient (Wildman–Crippen LogP) is 4.20. The van der Waals surface area contributed by atoms with Gasteiger partial charge in [0.15, 0.2) is 0 Å². The van der Waals surface area contributed by atoms with Crippen LogP contribution in [0.2, 0.25) is 0 Å². The molecule has 0 aromatic heterocycles. The van der Waals surface area contributed by atoms with Crippen LogP contribution in [0.15, 0.2) is 47.6 Å². The lowest BCUT2D eigenvalue weighted by Gasteiger charge is -2.12. The average molecular weight is 198 g/mol. The van der Waals surface area contributed by atoms with Crippen molar-refractivity contribution in [3.05, 3.63) is 58.7 Å². The van der Waals surface area contributed by atoms with Crippen molar-refractivity contribution in [2.24, 2.45) is 0 Å². The van der Waals surface area contributed by atoms with Crippen molar-refractivity contribution < 1.29 is 0 Å². The van der Waals surface area contributed by atoms with E-state index in [4.69, 9.17) is 0 Å². The summed E-state index contributed by atoms with van der Waals surface area (Å²) in [5, 5.41) is 0. The Morgan fingerprint density at radius 3 is 2.27 bits per heavy atom. The van der Waals surface area contributed by atoms with Crippen molar-refractivity contribution in [2.75, 3.05) is 0 Å². The molecule has 0 radical (unpaired) electrons. The molecule has 0 heterocycles. The summed E-state index contributed by atoms with van der Waals surface area (Å²) >= 11 is 0. The summed E-state index contributed by atoms with van der Waals surface area (Å²) in [6.45, 7) is 4.34. The summed E-state index contributed by atoms with van der Waals surface area (Å²) in [6.07, 6.45) is 8.13. The van der Waals surface area contributed by atoms with Gasteiger partial charge in [-0.15, -0.1) is 0 Å². The van der Waals surface area contributed by atoms with Gasteiger partial charge >= 0.3 is 0 Å². The molecule has 0 nitrogen and oxygen atoms in total.